The minimum atomic E-state index is 0.700. The van der Waals surface area contributed by atoms with Gasteiger partial charge in [-0.3, -0.25) is 4.90 Å². The topological polar surface area (TPSA) is 50.3 Å². The summed E-state index contributed by atoms with van der Waals surface area (Å²) in [7, 11) is 0. The lowest BCUT2D eigenvalue weighted by Crippen LogP contribution is -2.39. The van der Waals surface area contributed by atoms with E-state index in [1.54, 1.807) is 12.4 Å². The van der Waals surface area contributed by atoms with Crippen LogP contribution in [0.4, 0.5) is 5.95 Å². The quantitative estimate of drug-likeness (QED) is 0.767. The van der Waals surface area contributed by atoms with Crippen molar-refractivity contribution in [3.8, 4) is 0 Å². The van der Waals surface area contributed by atoms with E-state index in [9.17, 15) is 0 Å². The maximum atomic E-state index is 5.28. The maximum Gasteiger partial charge on any atom is 0.222 e. The van der Waals surface area contributed by atoms with Crippen LogP contribution in [0.1, 0.15) is 0 Å². The van der Waals surface area contributed by atoms with E-state index in [0.717, 1.165) is 39.4 Å². The Morgan fingerprint density at radius 2 is 2.00 bits per heavy atom. The molecule has 5 nitrogen and oxygen atoms in total. The van der Waals surface area contributed by atoms with Gasteiger partial charge in [0.15, 0.2) is 0 Å². The van der Waals surface area contributed by atoms with E-state index in [1.807, 2.05) is 6.07 Å². The van der Waals surface area contributed by atoms with Crippen molar-refractivity contribution in [3.05, 3.63) is 18.5 Å². The van der Waals surface area contributed by atoms with Crippen molar-refractivity contribution in [1.82, 2.24) is 14.9 Å². The number of hydrogen-bond acceptors (Lipinski definition) is 5. The summed E-state index contributed by atoms with van der Waals surface area (Å²) in [6.07, 6.45) is 3.48. The van der Waals surface area contributed by atoms with E-state index < -0.39 is 0 Å². The third kappa shape index (κ3) is 3.45. The molecule has 1 aliphatic heterocycles. The second-order valence-corrected chi connectivity index (χ2v) is 3.45. The lowest BCUT2D eigenvalue weighted by molar-refractivity contribution is 0.0398. The van der Waals surface area contributed by atoms with Crippen LogP contribution >= 0.6 is 0 Å². The van der Waals surface area contributed by atoms with Crippen LogP contribution in [0.5, 0.6) is 0 Å². The van der Waals surface area contributed by atoms with Gasteiger partial charge in [0, 0.05) is 38.6 Å². The second kappa shape index (κ2) is 5.63. The Bertz CT molecular complexity index is 274. The zero-order chi connectivity index (χ0) is 10.3. The molecule has 0 aliphatic carbocycles. The average molecular weight is 208 g/mol. The fraction of sp³-hybridized carbons (Fsp3) is 0.600. The molecule has 2 heterocycles. The summed E-state index contributed by atoms with van der Waals surface area (Å²) in [5.74, 6) is 0.700. The molecule has 1 aromatic rings. The van der Waals surface area contributed by atoms with Crippen molar-refractivity contribution in [2.45, 2.75) is 0 Å². The third-order valence-corrected chi connectivity index (χ3v) is 2.38. The molecular weight excluding hydrogens is 192 g/mol. The Morgan fingerprint density at radius 3 is 2.73 bits per heavy atom. The number of anilines is 1. The van der Waals surface area contributed by atoms with Crippen molar-refractivity contribution >= 4 is 5.95 Å². The molecule has 1 aliphatic rings. The first-order valence-electron chi connectivity index (χ1n) is 5.26. The Hall–Kier alpha value is -1.20. The molecule has 1 aromatic heterocycles. The average Bonchev–Trinajstić information content (AvgIpc) is 2.32. The Morgan fingerprint density at radius 1 is 1.27 bits per heavy atom. The lowest BCUT2D eigenvalue weighted by atomic mass is 10.4. The van der Waals surface area contributed by atoms with Crippen LogP contribution in [0.15, 0.2) is 18.5 Å². The molecule has 1 N–H and O–H groups in total. The van der Waals surface area contributed by atoms with Gasteiger partial charge in [-0.15, -0.1) is 0 Å². The first kappa shape index (κ1) is 10.3. The van der Waals surface area contributed by atoms with Crippen molar-refractivity contribution in [2.75, 3.05) is 44.7 Å². The zero-order valence-corrected chi connectivity index (χ0v) is 8.72. The van der Waals surface area contributed by atoms with Gasteiger partial charge >= 0.3 is 0 Å². The summed E-state index contributed by atoms with van der Waals surface area (Å²) < 4.78 is 5.28. The highest BCUT2D eigenvalue weighted by molar-refractivity contribution is 5.21. The van der Waals surface area contributed by atoms with Crippen LogP contribution < -0.4 is 5.32 Å². The first-order chi connectivity index (χ1) is 7.45. The first-order valence-corrected chi connectivity index (χ1v) is 5.26. The van der Waals surface area contributed by atoms with E-state index in [2.05, 4.69) is 20.2 Å². The summed E-state index contributed by atoms with van der Waals surface area (Å²) in [5.41, 5.74) is 0. The van der Waals surface area contributed by atoms with Gasteiger partial charge in [0.2, 0.25) is 5.95 Å². The highest BCUT2D eigenvalue weighted by Gasteiger charge is 2.09. The van der Waals surface area contributed by atoms with Gasteiger partial charge in [0.05, 0.1) is 13.2 Å². The van der Waals surface area contributed by atoms with Crippen molar-refractivity contribution in [3.63, 3.8) is 0 Å². The minimum Gasteiger partial charge on any atom is -0.379 e. The molecule has 0 amide bonds. The van der Waals surface area contributed by atoms with Gasteiger partial charge in [-0.05, 0) is 6.07 Å². The number of hydrogen-bond donors (Lipinski definition) is 1. The number of rotatable bonds is 4. The Kier molecular flexibility index (Phi) is 3.87. The lowest BCUT2D eigenvalue weighted by Gasteiger charge is -2.26. The van der Waals surface area contributed by atoms with Gasteiger partial charge in [-0.25, -0.2) is 9.97 Å². The van der Waals surface area contributed by atoms with E-state index in [4.69, 9.17) is 4.74 Å². The predicted molar refractivity (Wildman–Crippen MR) is 57.8 cm³/mol. The van der Waals surface area contributed by atoms with Crippen LogP contribution in [0.25, 0.3) is 0 Å². The summed E-state index contributed by atoms with van der Waals surface area (Å²) in [6.45, 7) is 5.64. The smallest absolute Gasteiger partial charge is 0.222 e. The molecule has 15 heavy (non-hydrogen) atoms. The second-order valence-electron chi connectivity index (χ2n) is 3.45. The summed E-state index contributed by atoms with van der Waals surface area (Å²) in [6, 6.07) is 1.81. The predicted octanol–water partition coefficient (Wildman–Crippen LogP) is 0.221. The van der Waals surface area contributed by atoms with Crippen molar-refractivity contribution in [1.29, 1.82) is 0 Å². The van der Waals surface area contributed by atoms with Crippen LogP contribution in [-0.2, 0) is 4.74 Å². The van der Waals surface area contributed by atoms with Crippen LogP contribution in [-0.4, -0.2) is 54.3 Å². The van der Waals surface area contributed by atoms with Crippen molar-refractivity contribution in [2.24, 2.45) is 0 Å². The van der Waals surface area contributed by atoms with Gasteiger partial charge in [0.1, 0.15) is 0 Å². The molecule has 0 bridgehead atoms. The number of ether oxygens (including phenoxy) is 1. The molecule has 2 rings (SSSR count). The minimum absolute atomic E-state index is 0.700. The number of nitrogens with one attached hydrogen (secondary N) is 1. The van der Waals surface area contributed by atoms with Crippen LogP contribution in [0.3, 0.4) is 0 Å². The molecule has 0 unspecified atom stereocenters. The van der Waals surface area contributed by atoms with E-state index in [1.165, 1.54) is 0 Å². The molecule has 5 heteroatoms. The summed E-state index contributed by atoms with van der Waals surface area (Å²) >= 11 is 0. The van der Waals surface area contributed by atoms with Crippen LogP contribution in [0, 0.1) is 0 Å². The fourth-order valence-electron chi connectivity index (χ4n) is 1.54. The SMILES string of the molecule is c1cnc(NCCN2CCOCC2)nc1. The van der Waals surface area contributed by atoms with Gasteiger partial charge in [0.25, 0.3) is 0 Å². The Labute approximate surface area is 89.5 Å². The molecule has 0 spiro atoms. The molecular formula is C10H16N4O. The number of morpholine rings is 1. The largest absolute Gasteiger partial charge is 0.379 e. The van der Waals surface area contributed by atoms with Gasteiger partial charge in [-0.2, -0.15) is 0 Å². The number of aromatic nitrogens is 2. The van der Waals surface area contributed by atoms with Gasteiger partial charge < -0.3 is 10.1 Å². The summed E-state index contributed by atoms with van der Waals surface area (Å²) in [5, 5.41) is 3.19. The standard InChI is InChI=1S/C10H16N4O/c1-2-11-10(12-3-1)13-4-5-14-6-8-15-9-7-14/h1-3H,4-9H2,(H,11,12,13). The van der Waals surface area contributed by atoms with Crippen LogP contribution in [0.2, 0.25) is 0 Å². The molecule has 1 saturated heterocycles. The van der Waals surface area contributed by atoms with E-state index in [0.29, 0.717) is 5.95 Å². The Balaban J connectivity index is 1.66. The molecule has 82 valence electrons. The van der Waals surface area contributed by atoms with E-state index in [-0.39, 0.29) is 0 Å². The molecule has 0 saturated carbocycles. The highest BCUT2D eigenvalue weighted by atomic mass is 16.5. The van der Waals surface area contributed by atoms with E-state index >= 15 is 0 Å². The third-order valence-electron chi connectivity index (χ3n) is 2.38. The monoisotopic (exact) mass is 208 g/mol. The molecule has 1 fully saturated rings. The highest BCUT2D eigenvalue weighted by Crippen LogP contribution is 1.97. The molecule has 0 aromatic carbocycles. The summed E-state index contributed by atoms with van der Waals surface area (Å²) in [4.78, 5) is 10.6. The molecule has 0 radical (unpaired) electrons. The zero-order valence-electron chi connectivity index (χ0n) is 8.72. The maximum absolute atomic E-state index is 5.28. The molecule has 0 atom stereocenters. The van der Waals surface area contributed by atoms with Crippen molar-refractivity contribution < 1.29 is 4.74 Å². The number of nitrogens with zero attached hydrogens (tertiary/aromatic N) is 3. The van der Waals surface area contributed by atoms with Gasteiger partial charge in [-0.1, -0.05) is 0 Å². The fourth-order valence-corrected chi connectivity index (χ4v) is 1.54. The normalized spacial score (nSPS) is 17.6.